The third kappa shape index (κ3) is 3.43. The average Bonchev–Trinajstić information content (AvgIpc) is 3.04. The molecule has 0 aliphatic heterocycles. The molecule has 1 unspecified atom stereocenters. The van der Waals surface area contributed by atoms with Crippen molar-refractivity contribution in [2.75, 3.05) is 21.3 Å². The molecule has 7 nitrogen and oxygen atoms in total. The Morgan fingerprint density at radius 2 is 1.81 bits per heavy atom. The van der Waals surface area contributed by atoms with E-state index in [1.807, 2.05) is 12.1 Å². The van der Waals surface area contributed by atoms with Gasteiger partial charge >= 0.3 is 0 Å². The average molecular weight is 292 g/mol. The Morgan fingerprint density at radius 3 is 2.29 bits per heavy atom. The quantitative estimate of drug-likeness (QED) is 0.808. The van der Waals surface area contributed by atoms with Crippen LogP contribution in [0.4, 0.5) is 0 Å². The summed E-state index contributed by atoms with van der Waals surface area (Å²) in [5.74, 6) is 2.65. The molecule has 0 bridgehead atoms. The van der Waals surface area contributed by atoms with Crippen LogP contribution in [0.15, 0.2) is 18.5 Å². The third-order valence-electron chi connectivity index (χ3n) is 3.23. The van der Waals surface area contributed by atoms with Gasteiger partial charge in [0.05, 0.1) is 27.9 Å². The van der Waals surface area contributed by atoms with Gasteiger partial charge in [-0.1, -0.05) is 0 Å². The van der Waals surface area contributed by atoms with E-state index in [-0.39, 0.29) is 6.04 Å². The molecule has 1 aromatic carbocycles. The highest BCUT2D eigenvalue weighted by Gasteiger charge is 2.16. The fourth-order valence-electron chi connectivity index (χ4n) is 2.03. The second kappa shape index (κ2) is 6.94. The molecule has 0 aliphatic carbocycles. The summed E-state index contributed by atoms with van der Waals surface area (Å²) in [4.78, 5) is 4.08. The molecule has 0 radical (unpaired) electrons. The second-order valence-electron chi connectivity index (χ2n) is 4.49. The van der Waals surface area contributed by atoms with Crippen LogP contribution < -0.4 is 19.5 Å². The van der Waals surface area contributed by atoms with Crippen molar-refractivity contribution < 1.29 is 14.2 Å². The zero-order valence-electron chi connectivity index (χ0n) is 12.6. The predicted octanol–water partition coefficient (Wildman–Crippen LogP) is 1.68. The number of aromatic nitrogens is 3. The summed E-state index contributed by atoms with van der Waals surface area (Å²) < 4.78 is 16.0. The van der Waals surface area contributed by atoms with E-state index >= 15 is 0 Å². The van der Waals surface area contributed by atoms with E-state index < -0.39 is 0 Å². The van der Waals surface area contributed by atoms with Gasteiger partial charge in [-0.25, -0.2) is 4.98 Å². The van der Waals surface area contributed by atoms with Crippen molar-refractivity contribution in [3.8, 4) is 17.2 Å². The summed E-state index contributed by atoms with van der Waals surface area (Å²) in [5.41, 5.74) is 1.03. The number of nitrogens with zero attached hydrogens (tertiary/aromatic N) is 2. The van der Waals surface area contributed by atoms with Crippen LogP contribution in [0, 0.1) is 0 Å². The highest BCUT2D eigenvalue weighted by atomic mass is 16.5. The lowest BCUT2D eigenvalue weighted by Crippen LogP contribution is -2.19. The summed E-state index contributed by atoms with van der Waals surface area (Å²) in [7, 11) is 4.80. The normalized spacial score (nSPS) is 12.0. The number of benzene rings is 1. The molecule has 1 aromatic heterocycles. The van der Waals surface area contributed by atoms with Crippen molar-refractivity contribution in [1.29, 1.82) is 0 Å². The van der Waals surface area contributed by atoms with Crippen LogP contribution in [0.5, 0.6) is 17.2 Å². The van der Waals surface area contributed by atoms with E-state index in [1.54, 1.807) is 21.3 Å². The van der Waals surface area contributed by atoms with Gasteiger partial charge in [-0.3, -0.25) is 5.10 Å². The van der Waals surface area contributed by atoms with Crippen LogP contribution in [-0.2, 0) is 6.54 Å². The van der Waals surface area contributed by atoms with Gasteiger partial charge in [-0.15, -0.1) is 0 Å². The van der Waals surface area contributed by atoms with Crippen LogP contribution >= 0.6 is 0 Å². The van der Waals surface area contributed by atoms with E-state index in [9.17, 15) is 0 Å². The van der Waals surface area contributed by atoms with Crippen LogP contribution in [0.1, 0.15) is 24.4 Å². The number of rotatable bonds is 7. The summed E-state index contributed by atoms with van der Waals surface area (Å²) in [6.45, 7) is 2.65. The number of nitrogens with one attached hydrogen (secondary N) is 2. The van der Waals surface area contributed by atoms with E-state index in [0.29, 0.717) is 23.8 Å². The molecule has 0 fully saturated rings. The number of methoxy groups -OCH3 is 3. The maximum atomic E-state index is 5.36. The molecule has 2 aromatic rings. The van der Waals surface area contributed by atoms with Crippen molar-refractivity contribution in [1.82, 2.24) is 20.5 Å². The minimum absolute atomic E-state index is 0.0869. The molecule has 0 saturated carbocycles. The largest absolute Gasteiger partial charge is 0.493 e. The Balaban J connectivity index is 2.18. The first-order valence-corrected chi connectivity index (χ1v) is 6.57. The van der Waals surface area contributed by atoms with Gasteiger partial charge in [-0.05, 0) is 24.6 Å². The standard InChI is InChI=1S/C14H20N4O3/c1-9(15-7-13-16-8-17-18-13)10-5-11(19-2)14(21-4)12(6-10)20-3/h5-6,8-9,15H,7H2,1-4H3,(H,16,17,18). The predicted molar refractivity (Wildman–Crippen MR) is 77.7 cm³/mol. The number of ether oxygens (including phenoxy) is 3. The van der Waals surface area contributed by atoms with Crippen molar-refractivity contribution in [2.45, 2.75) is 19.5 Å². The van der Waals surface area contributed by atoms with Gasteiger partial charge in [0.25, 0.3) is 0 Å². The van der Waals surface area contributed by atoms with E-state index in [2.05, 4.69) is 27.4 Å². The molecule has 1 atom stereocenters. The smallest absolute Gasteiger partial charge is 0.203 e. The first-order valence-electron chi connectivity index (χ1n) is 6.57. The third-order valence-corrected chi connectivity index (χ3v) is 3.23. The lowest BCUT2D eigenvalue weighted by molar-refractivity contribution is 0.323. The molecular formula is C14H20N4O3. The Kier molecular flexibility index (Phi) is 4.99. The lowest BCUT2D eigenvalue weighted by atomic mass is 10.1. The Morgan fingerprint density at radius 1 is 1.14 bits per heavy atom. The van der Waals surface area contributed by atoms with E-state index in [1.165, 1.54) is 6.33 Å². The maximum absolute atomic E-state index is 5.36. The summed E-state index contributed by atoms with van der Waals surface area (Å²) >= 11 is 0. The maximum Gasteiger partial charge on any atom is 0.203 e. The number of H-pyrrole nitrogens is 1. The van der Waals surface area contributed by atoms with Gasteiger partial charge in [0.15, 0.2) is 11.5 Å². The Hall–Kier alpha value is -2.28. The number of aromatic amines is 1. The Labute approximate surface area is 123 Å². The molecule has 0 amide bonds. The lowest BCUT2D eigenvalue weighted by Gasteiger charge is -2.18. The van der Waals surface area contributed by atoms with Gasteiger partial charge in [0, 0.05) is 6.04 Å². The van der Waals surface area contributed by atoms with Crippen molar-refractivity contribution >= 4 is 0 Å². The Bertz CT molecular complexity index is 547. The van der Waals surface area contributed by atoms with Crippen molar-refractivity contribution in [2.24, 2.45) is 0 Å². The summed E-state index contributed by atoms with van der Waals surface area (Å²) in [6, 6.07) is 3.95. The summed E-state index contributed by atoms with van der Waals surface area (Å²) in [6.07, 6.45) is 1.49. The first-order chi connectivity index (χ1) is 10.2. The van der Waals surface area contributed by atoms with Gasteiger partial charge in [-0.2, -0.15) is 5.10 Å². The SMILES string of the molecule is COc1cc(C(C)NCc2ncn[nH]2)cc(OC)c1OC. The molecule has 1 heterocycles. The number of hydrogen-bond acceptors (Lipinski definition) is 6. The van der Waals surface area contributed by atoms with E-state index in [4.69, 9.17) is 14.2 Å². The van der Waals surface area contributed by atoms with E-state index in [0.717, 1.165) is 11.4 Å². The minimum Gasteiger partial charge on any atom is -0.493 e. The topological polar surface area (TPSA) is 81.3 Å². The van der Waals surface area contributed by atoms with Crippen LogP contribution in [0.2, 0.25) is 0 Å². The van der Waals surface area contributed by atoms with Gasteiger partial charge < -0.3 is 19.5 Å². The van der Waals surface area contributed by atoms with Gasteiger partial charge in [0.2, 0.25) is 5.75 Å². The molecule has 2 rings (SSSR count). The van der Waals surface area contributed by atoms with Crippen molar-refractivity contribution in [3.63, 3.8) is 0 Å². The van der Waals surface area contributed by atoms with Crippen molar-refractivity contribution in [3.05, 3.63) is 29.8 Å². The van der Waals surface area contributed by atoms with Crippen LogP contribution in [0.25, 0.3) is 0 Å². The zero-order chi connectivity index (χ0) is 15.2. The first kappa shape index (κ1) is 15.1. The number of hydrogen-bond donors (Lipinski definition) is 2. The highest BCUT2D eigenvalue weighted by molar-refractivity contribution is 5.54. The molecule has 0 aliphatic rings. The summed E-state index contributed by atoms with van der Waals surface area (Å²) in [5, 5.41) is 9.99. The van der Waals surface area contributed by atoms with Crippen LogP contribution in [0.3, 0.4) is 0 Å². The zero-order valence-corrected chi connectivity index (χ0v) is 12.6. The van der Waals surface area contributed by atoms with Gasteiger partial charge in [0.1, 0.15) is 12.2 Å². The monoisotopic (exact) mass is 292 g/mol. The molecule has 21 heavy (non-hydrogen) atoms. The molecule has 0 spiro atoms. The molecule has 2 N–H and O–H groups in total. The fourth-order valence-corrected chi connectivity index (χ4v) is 2.03. The second-order valence-corrected chi connectivity index (χ2v) is 4.49. The minimum atomic E-state index is 0.0869. The van der Waals surface area contributed by atoms with Crippen LogP contribution in [-0.4, -0.2) is 36.5 Å². The molecular weight excluding hydrogens is 272 g/mol. The molecule has 114 valence electrons. The molecule has 7 heteroatoms. The highest BCUT2D eigenvalue weighted by Crippen LogP contribution is 2.39. The molecule has 0 saturated heterocycles. The fraction of sp³-hybridized carbons (Fsp3) is 0.429.